The van der Waals surface area contributed by atoms with Crippen molar-refractivity contribution < 1.29 is 31.8 Å². The van der Waals surface area contributed by atoms with Gasteiger partial charge in [-0.1, -0.05) is 0 Å². The van der Waals surface area contributed by atoms with Crippen LogP contribution in [0.25, 0.3) is 0 Å². The number of nitro groups is 2. The van der Waals surface area contributed by atoms with Gasteiger partial charge in [-0.2, -0.15) is 8.78 Å². The maximum absolute atomic E-state index is 14.5. The Kier molecular flexibility index (Phi) is 4.78. The third-order valence-corrected chi connectivity index (χ3v) is 3.28. The van der Waals surface area contributed by atoms with Gasteiger partial charge in [-0.25, -0.2) is 4.90 Å². The standard InChI is InChI=1S/C14H8F5N3O4/c15-13(16,9-1-3-11(4-2-9)21(23)24)20(14(17,18)19)10-5-7-12(8-6-10)22(25)26/h1-8H. The molecule has 12 heteroatoms. The third kappa shape index (κ3) is 3.68. The first-order chi connectivity index (χ1) is 11.9. The van der Waals surface area contributed by atoms with Crippen LogP contribution in [0, 0.1) is 20.2 Å². The first-order valence-electron chi connectivity index (χ1n) is 6.69. The summed E-state index contributed by atoms with van der Waals surface area (Å²) in [4.78, 5) is 18.1. The van der Waals surface area contributed by atoms with E-state index in [2.05, 4.69) is 0 Å². The van der Waals surface area contributed by atoms with E-state index in [1.165, 1.54) is 0 Å². The molecule has 0 radical (unpaired) electrons. The van der Waals surface area contributed by atoms with Gasteiger partial charge < -0.3 is 0 Å². The van der Waals surface area contributed by atoms with Gasteiger partial charge in [0.05, 0.1) is 15.5 Å². The van der Waals surface area contributed by atoms with Crippen LogP contribution >= 0.6 is 0 Å². The van der Waals surface area contributed by atoms with E-state index in [4.69, 9.17) is 0 Å². The Labute approximate surface area is 141 Å². The molecule has 0 spiro atoms. The van der Waals surface area contributed by atoms with Crippen molar-refractivity contribution in [1.29, 1.82) is 0 Å². The van der Waals surface area contributed by atoms with Crippen LogP contribution in [-0.2, 0) is 6.05 Å². The molecular weight excluding hydrogens is 369 g/mol. The maximum atomic E-state index is 14.5. The molecule has 0 unspecified atom stereocenters. The number of rotatable bonds is 5. The highest BCUT2D eigenvalue weighted by molar-refractivity contribution is 5.54. The van der Waals surface area contributed by atoms with Crippen molar-refractivity contribution in [3.05, 3.63) is 74.3 Å². The summed E-state index contributed by atoms with van der Waals surface area (Å²) in [5.74, 6) is 0. The Balaban J connectivity index is 2.51. The van der Waals surface area contributed by atoms with E-state index in [9.17, 15) is 42.2 Å². The lowest BCUT2D eigenvalue weighted by Crippen LogP contribution is -2.49. The summed E-state index contributed by atoms with van der Waals surface area (Å²) in [6, 6.07) is 0.0468. The lowest BCUT2D eigenvalue weighted by Gasteiger charge is -2.34. The number of anilines is 1. The SMILES string of the molecule is O=[N+]([O-])c1ccc(N(C(F)(F)F)C(F)(F)c2ccc([N+](=O)[O-])cc2)cc1. The topological polar surface area (TPSA) is 89.5 Å². The zero-order chi connectivity index (χ0) is 19.7. The van der Waals surface area contributed by atoms with Crippen molar-refractivity contribution in [2.45, 2.75) is 12.3 Å². The molecule has 7 nitrogen and oxygen atoms in total. The molecule has 0 N–H and O–H groups in total. The molecule has 0 bridgehead atoms. The molecule has 0 aliphatic rings. The molecule has 0 saturated carbocycles. The summed E-state index contributed by atoms with van der Waals surface area (Å²) in [7, 11) is 0. The Morgan fingerprint density at radius 2 is 1.12 bits per heavy atom. The number of nitro benzene ring substituents is 2. The highest BCUT2D eigenvalue weighted by Gasteiger charge is 2.54. The molecule has 0 saturated heterocycles. The van der Waals surface area contributed by atoms with Crippen LogP contribution in [0.5, 0.6) is 0 Å². The lowest BCUT2D eigenvalue weighted by atomic mass is 10.1. The van der Waals surface area contributed by atoms with E-state index in [0.717, 1.165) is 0 Å². The molecule has 0 aliphatic heterocycles. The van der Waals surface area contributed by atoms with Gasteiger partial charge in [-0.15, -0.1) is 13.2 Å². The highest BCUT2D eigenvalue weighted by Crippen LogP contribution is 2.43. The summed E-state index contributed by atoms with van der Waals surface area (Å²) >= 11 is 0. The number of hydrogen-bond acceptors (Lipinski definition) is 5. The second-order valence-electron chi connectivity index (χ2n) is 4.92. The van der Waals surface area contributed by atoms with Crippen LogP contribution in [-0.4, -0.2) is 16.1 Å². The van der Waals surface area contributed by atoms with Crippen molar-refractivity contribution in [3.8, 4) is 0 Å². The van der Waals surface area contributed by atoms with Gasteiger partial charge in [0.2, 0.25) is 0 Å². The van der Waals surface area contributed by atoms with Crippen LogP contribution in [0.15, 0.2) is 48.5 Å². The predicted molar refractivity (Wildman–Crippen MR) is 78.6 cm³/mol. The Bertz CT molecular complexity index is 822. The van der Waals surface area contributed by atoms with Crippen LogP contribution in [0.2, 0.25) is 0 Å². The minimum Gasteiger partial charge on any atom is -0.258 e. The van der Waals surface area contributed by atoms with Crippen LogP contribution in [0.1, 0.15) is 5.56 Å². The summed E-state index contributed by atoms with van der Waals surface area (Å²) in [5.41, 5.74) is -3.32. The van der Waals surface area contributed by atoms with E-state index in [-0.39, 0.29) is 0 Å². The lowest BCUT2D eigenvalue weighted by molar-refractivity contribution is -0.385. The molecular formula is C14H8F5N3O4. The van der Waals surface area contributed by atoms with Crippen molar-refractivity contribution in [1.82, 2.24) is 0 Å². The first-order valence-corrected chi connectivity index (χ1v) is 6.69. The maximum Gasteiger partial charge on any atom is 0.489 e. The molecule has 138 valence electrons. The summed E-state index contributed by atoms with van der Waals surface area (Å²) in [6.45, 7) is 0. The molecule has 0 fully saturated rings. The van der Waals surface area contributed by atoms with Crippen molar-refractivity contribution in [2.75, 3.05) is 4.90 Å². The number of hydrogen-bond donors (Lipinski definition) is 0. The minimum atomic E-state index is -5.54. The predicted octanol–water partition coefficient (Wildman–Crippen LogP) is 4.58. The Morgan fingerprint density at radius 3 is 1.46 bits per heavy atom. The zero-order valence-corrected chi connectivity index (χ0v) is 12.5. The molecule has 0 heterocycles. The number of halogens is 5. The highest BCUT2D eigenvalue weighted by atomic mass is 19.4. The van der Waals surface area contributed by atoms with E-state index >= 15 is 0 Å². The van der Waals surface area contributed by atoms with Gasteiger partial charge >= 0.3 is 12.3 Å². The fraction of sp³-hybridized carbons (Fsp3) is 0.143. The molecule has 2 rings (SSSR count). The monoisotopic (exact) mass is 377 g/mol. The van der Waals surface area contributed by atoms with Gasteiger partial charge in [0.25, 0.3) is 11.4 Å². The second-order valence-corrected chi connectivity index (χ2v) is 4.92. The largest absolute Gasteiger partial charge is 0.489 e. The molecule has 0 amide bonds. The average Bonchev–Trinajstić information content (AvgIpc) is 2.54. The van der Waals surface area contributed by atoms with Gasteiger partial charge in [0.15, 0.2) is 0 Å². The Hall–Kier alpha value is -3.31. The smallest absolute Gasteiger partial charge is 0.258 e. The fourth-order valence-corrected chi connectivity index (χ4v) is 2.10. The van der Waals surface area contributed by atoms with Crippen LogP contribution in [0.3, 0.4) is 0 Å². The zero-order valence-electron chi connectivity index (χ0n) is 12.5. The van der Waals surface area contributed by atoms with Gasteiger partial charge in [0.1, 0.15) is 0 Å². The van der Waals surface area contributed by atoms with E-state index < -0.39 is 49.7 Å². The third-order valence-electron chi connectivity index (χ3n) is 3.28. The molecule has 2 aromatic rings. The van der Waals surface area contributed by atoms with Crippen LogP contribution < -0.4 is 4.90 Å². The van der Waals surface area contributed by atoms with E-state index in [1.807, 2.05) is 0 Å². The molecule has 0 atom stereocenters. The average molecular weight is 377 g/mol. The second kappa shape index (κ2) is 6.54. The first kappa shape index (κ1) is 19.0. The van der Waals surface area contributed by atoms with Crippen LogP contribution in [0.4, 0.5) is 39.0 Å². The van der Waals surface area contributed by atoms with Gasteiger partial charge in [0, 0.05) is 29.8 Å². The van der Waals surface area contributed by atoms with Crippen molar-refractivity contribution in [3.63, 3.8) is 0 Å². The number of non-ortho nitro benzene ring substituents is 2. The number of benzene rings is 2. The molecule has 26 heavy (non-hydrogen) atoms. The minimum absolute atomic E-state index is 0.502. The molecule has 0 aromatic heterocycles. The van der Waals surface area contributed by atoms with Crippen molar-refractivity contribution >= 4 is 17.1 Å². The Morgan fingerprint density at radius 1 is 0.731 bits per heavy atom. The van der Waals surface area contributed by atoms with Crippen molar-refractivity contribution in [2.24, 2.45) is 0 Å². The molecule has 2 aromatic carbocycles. The van der Waals surface area contributed by atoms with E-state index in [1.54, 1.807) is 0 Å². The summed E-state index contributed by atoms with van der Waals surface area (Å²) in [6.07, 6.45) is -5.54. The molecule has 0 aliphatic carbocycles. The van der Waals surface area contributed by atoms with E-state index in [0.29, 0.717) is 48.5 Å². The van der Waals surface area contributed by atoms with Gasteiger partial charge in [-0.05, 0) is 24.3 Å². The fourth-order valence-electron chi connectivity index (χ4n) is 2.10. The summed E-state index contributed by atoms with van der Waals surface area (Å²) in [5, 5.41) is 21.1. The van der Waals surface area contributed by atoms with Gasteiger partial charge in [-0.3, -0.25) is 20.2 Å². The number of nitrogens with zero attached hydrogens (tertiary/aromatic N) is 3. The quantitative estimate of drug-likeness (QED) is 0.329. The summed E-state index contributed by atoms with van der Waals surface area (Å²) < 4.78 is 68.8. The number of alkyl halides is 5. The normalized spacial score (nSPS) is 11.9.